The number of aromatic nitrogens is 1. The maximum atomic E-state index is 12.5. The molecule has 1 aromatic heterocycles. The van der Waals surface area contributed by atoms with Crippen molar-refractivity contribution in [1.29, 1.82) is 0 Å². The number of hydrogen-bond donors (Lipinski definition) is 1. The molecule has 5 atom stereocenters. The van der Waals surface area contributed by atoms with Crippen LogP contribution in [0.4, 0.5) is 0 Å². The molecule has 5 heteroatoms. The van der Waals surface area contributed by atoms with Crippen LogP contribution in [-0.2, 0) is 4.79 Å². The minimum atomic E-state index is -0.209. The Balaban J connectivity index is 1.35. The lowest BCUT2D eigenvalue weighted by atomic mass is 9.84. The summed E-state index contributed by atoms with van der Waals surface area (Å²) in [6, 6.07) is 7.94. The summed E-state index contributed by atoms with van der Waals surface area (Å²) in [5.74, 6) is 2.47. The normalized spacial score (nSPS) is 28.2. The number of benzene rings is 1. The fraction of sp³-hybridized carbons (Fsp3) is 0.579. The Labute approximate surface area is 146 Å². The molecular weight excluding hydrogens is 320 g/mol. The van der Waals surface area contributed by atoms with Crippen LogP contribution in [0.25, 0.3) is 11.1 Å². The molecule has 2 aliphatic rings. The van der Waals surface area contributed by atoms with Gasteiger partial charge in [-0.3, -0.25) is 4.79 Å². The fourth-order valence-electron chi connectivity index (χ4n) is 4.46. The van der Waals surface area contributed by atoms with E-state index in [0.29, 0.717) is 11.1 Å². The van der Waals surface area contributed by atoms with Gasteiger partial charge >= 0.3 is 0 Å². The van der Waals surface area contributed by atoms with Gasteiger partial charge in [-0.05, 0) is 63.0 Å². The van der Waals surface area contributed by atoms with Gasteiger partial charge in [0.25, 0.3) is 5.22 Å². The van der Waals surface area contributed by atoms with Crippen LogP contribution < -0.4 is 5.32 Å². The van der Waals surface area contributed by atoms with E-state index in [2.05, 4.69) is 17.2 Å². The minimum absolute atomic E-state index is 0.0810. The van der Waals surface area contributed by atoms with Crippen molar-refractivity contribution in [1.82, 2.24) is 10.3 Å². The minimum Gasteiger partial charge on any atom is -0.431 e. The lowest BCUT2D eigenvalue weighted by Gasteiger charge is -2.29. The maximum absolute atomic E-state index is 12.5. The van der Waals surface area contributed by atoms with E-state index < -0.39 is 0 Å². The van der Waals surface area contributed by atoms with Gasteiger partial charge < -0.3 is 9.73 Å². The topological polar surface area (TPSA) is 55.1 Å². The molecule has 2 bridgehead atoms. The van der Waals surface area contributed by atoms with Crippen molar-refractivity contribution in [2.45, 2.75) is 56.0 Å². The first-order valence-electron chi connectivity index (χ1n) is 8.92. The molecule has 1 N–H and O–H groups in total. The molecule has 2 aliphatic carbocycles. The summed E-state index contributed by atoms with van der Waals surface area (Å²) in [7, 11) is 0. The summed E-state index contributed by atoms with van der Waals surface area (Å²) in [4.78, 5) is 17.0. The van der Waals surface area contributed by atoms with Gasteiger partial charge in [-0.15, -0.1) is 0 Å². The van der Waals surface area contributed by atoms with E-state index in [1.165, 1.54) is 37.4 Å². The van der Waals surface area contributed by atoms with Gasteiger partial charge in [0.15, 0.2) is 5.58 Å². The third kappa shape index (κ3) is 3.06. The van der Waals surface area contributed by atoms with Crippen molar-refractivity contribution >= 4 is 28.8 Å². The van der Waals surface area contributed by atoms with Crippen LogP contribution >= 0.6 is 11.8 Å². The molecule has 1 aromatic carbocycles. The second-order valence-electron chi connectivity index (χ2n) is 7.34. The number of thioether (sulfide) groups is 1. The summed E-state index contributed by atoms with van der Waals surface area (Å²) in [5.41, 5.74) is 1.60. The summed E-state index contributed by atoms with van der Waals surface area (Å²) in [6.07, 6.45) is 5.41. The number of oxazole rings is 1. The SMILES string of the molecule is C[C@H](Sc1nc2ccccc2o1)C(=O)N[C@H](C)[C@@H]1C[C@@H]2CC[C@@H]1C2. The molecule has 24 heavy (non-hydrogen) atoms. The van der Waals surface area contributed by atoms with Crippen LogP contribution in [0, 0.1) is 17.8 Å². The van der Waals surface area contributed by atoms with Crippen molar-refractivity contribution < 1.29 is 9.21 Å². The molecule has 2 fully saturated rings. The first kappa shape index (κ1) is 16.0. The molecule has 1 heterocycles. The lowest BCUT2D eigenvalue weighted by Crippen LogP contribution is -2.43. The lowest BCUT2D eigenvalue weighted by molar-refractivity contribution is -0.121. The Hall–Kier alpha value is -1.49. The third-order valence-electron chi connectivity index (χ3n) is 5.73. The number of nitrogens with one attached hydrogen (secondary N) is 1. The monoisotopic (exact) mass is 344 g/mol. The Bertz CT molecular complexity index is 711. The van der Waals surface area contributed by atoms with Crippen LogP contribution in [0.2, 0.25) is 0 Å². The molecule has 128 valence electrons. The average molecular weight is 344 g/mol. The van der Waals surface area contributed by atoms with Crippen molar-refractivity contribution in [3.8, 4) is 0 Å². The fourth-order valence-corrected chi connectivity index (χ4v) is 5.23. The summed E-state index contributed by atoms with van der Waals surface area (Å²) in [5, 5.41) is 3.58. The van der Waals surface area contributed by atoms with Crippen LogP contribution in [0.3, 0.4) is 0 Å². The number of carbonyl (C=O) groups excluding carboxylic acids is 1. The molecule has 4 rings (SSSR count). The molecule has 1 amide bonds. The Morgan fingerprint density at radius 3 is 2.83 bits per heavy atom. The Morgan fingerprint density at radius 1 is 1.29 bits per heavy atom. The largest absolute Gasteiger partial charge is 0.431 e. The van der Waals surface area contributed by atoms with Crippen molar-refractivity contribution in [3.05, 3.63) is 24.3 Å². The second kappa shape index (κ2) is 6.43. The molecule has 0 spiro atoms. The van der Waals surface area contributed by atoms with Crippen LogP contribution in [0.5, 0.6) is 0 Å². The number of rotatable bonds is 5. The molecule has 4 nitrogen and oxygen atoms in total. The third-order valence-corrected chi connectivity index (χ3v) is 6.67. The van der Waals surface area contributed by atoms with Gasteiger partial charge in [-0.25, -0.2) is 4.98 Å². The zero-order valence-corrected chi connectivity index (χ0v) is 15.0. The van der Waals surface area contributed by atoms with E-state index in [1.807, 2.05) is 31.2 Å². The van der Waals surface area contributed by atoms with Gasteiger partial charge in [-0.2, -0.15) is 0 Å². The zero-order chi connectivity index (χ0) is 16.7. The number of hydrogen-bond acceptors (Lipinski definition) is 4. The van der Waals surface area contributed by atoms with E-state index in [4.69, 9.17) is 4.42 Å². The smallest absolute Gasteiger partial charge is 0.257 e. The molecule has 0 saturated heterocycles. The van der Waals surface area contributed by atoms with Crippen molar-refractivity contribution in [2.75, 3.05) is 0 Å². The van der Waals surface area contributed by atoms with Gasteiger partial charge in [0, 0.05) is 6.04 Å². The van der Waals surface area contributed by atoms with E-state index in [0.717, 1.165) is 22.9 Å². The highest BCUT2D eigenvalue weighted by atomic mass is 32.2. The highest BCUT2D eigenvalue weighted by Gasteiger charge is 2.42. The number of nitrogens with zero attached hydrogens (tertiary/aromatic N) is 1. The first-order chi connectivity index (χ1) is 11.6. The maximum Gasteiger partial charge on any atom is 0.257 e. The van der Waals surface area contributed by atoms with Gasteiger partial charge in [0.2, 0.25) is 5.91 Å². The molecule has 2 saturated carbocycles. The Kier molecular flexibility index (Phi) is 4.29. The molecule has 0 aliphatic heterocycles. The van der Waals surface area contributed by atoms with Crippen molar-refractivity contribution in [2.24, 2.45) is 17.8 Å². The summed E-state index contributed by atoms with van der Waals surface area (Å²) >= 11 is 1.39. The predicted molar refractivity (Wildman–Crippen MR) is 95.9 cm³/mol. The highest BCUT2D eigenvalue weighted by molar-refractivity contribution is 8.00. The van der Waals surface area contributed by atoms with E-state index in [-0.39, 0.29) is 17.2 Å². The quantitative estimate of drug-likeness (QED) is 0.824. The Morgan fingerprint density at radius 2 is 2.12 bits per heavy atom. The number of para-hydroxylation sites is 2. The van der Waals surface area contributed by atoms with Crippen molar-refractivity contribution in [3.63, 3.8) is 0 Å². The van der Waals surface area contributed by atoms with E-state index >= 15 is 0 Å². The number of carbonyl (C=O) groups is 1. The average Bonchev–Trinajstić information content (AvgIpc) is 3.28. The predicted octanol–water partition coefficient (Wildman–Crippen LogP) is 4.25. The number of amides is 1. The first-order valence-corrected chi connectivity index (χ1v) is 9.80. The summed E-state index contributed by atoms with van der Waals surface area (Å²) < 4.78 is 5.71. The second-order valence-corrected chi connectivity index (χ2v) is 8.64. The standard InChI is InChI=1S/C19H24N2O2S/c1-11(15-10-13-7-8-14(15)9-13)20-18(22)12(2)24-19-21-16-5-3-4-6-17(16)23-19/h3-6,11-15H,7-10H2,1-2H3,(H,20,22)/t11-,12+,13-,14-,15+/m1/s1. The molecule has 2 aromatic rings. The molecular formula is C19H24N2O2S. The molecule has 0 unspecified atom stereocenters. The van der Waals surface area contributed by atoms with Crippen LogP contribution in [0.1, 0.15) is 39.5 Å². The van der Waals surface area contributed by atoms with Gasteiger partial charge in [0.05, 0.1) is 5.25 Å². The van der Waals surface area contributed by atoms with E-state index in [9.17, 15) is 4.79 Å². The highest BCUT2D eigenvalue weighted by Crippen LogP contribution is 2.49. The van der Waals surface area contributed by atoms with Crippen LogP contribution in [-0.4, -0.2) is 22.2 Å². The van der Waals surface area contributed by atoms with Gasteiger partial charge in [-0.1, -0.05) is 30.3 Å². The van der Waals surface area contributed by atoms with E-state index in [1.54, 1.807) is 0 Å². The zero-order valence-electron chi connectivity index (χ0n) is 14.2. The number of fused-ring (bicyclic) bond motifs is 3. The van der Waals surface area contributed by atoms with Gasteiger partial charge in [0.1, 0.15) is 5.52 Å². The van der Waals surface area contributed by atoms with Crippen LogP contribution in [0.15, 0.2) is 33.9 Å². The summed E-state index contributed by atoms with van der Waals surface area (Å²) in [6.45, 7) is 4.09. The molecule has 0 radical (unpaired) electrons.